The van der Waals surface area contributed by atoms with E-state index in [9.17, 15) is 13.2 Å². The van der Waals surface area contributed by atoms with Crippen molar-refractivity contribution in [2.24, 2.45) is 4.52 Å². The second kappa shape index (κ2) is 4.32. The van der Waals surface area contributed by atoms with E-state index in [-0.39, 0.29) is 10.8 Å². The Morgan fingerprint density at radius 1 is 1.50 bits per heavy atom. The minimum absolute atomic E-state index is 0.0514. The zero-order chi connectivity index (χ0) is 13.3. The molecule has 1 amide bonds. The molecule has 0 spiro atoms. The zero-order valence-corrected chi connectivity index (χ0v) is 10.4. The summed E-state index contributed by atoms with van der Waals surface area (Å²) in [4.78, 5) is 15.2. The van der Waals surface area contributed by atoms with Crippen LogP contribution in [0.5, 0.6) is 0 Å². The van der Waals surface area contributed by atoms with Crippen molar-refractivity contribution in [1.82, 2.24) is 0 Å². The van der Waals surface area contributed by atoms with Crippen molar-refractivity contribution in [2.75, 3.05) is 11.4 Å². The monoisotopic (exact) mass is 266 g/mol. The first-order valence-electron chi connectivity index (χ1n) is 5.18. The normalized spacial score (nSPS) is 13.9. The second-order valence-electron chi connectivity index (χ2n) is 3.86. The summed E-state index contributed by atoms with van der Waals surface area (Å²) in [5.74, 6) is -0.0839. The molecule has 0 saturated carbocycles. The van der Waals surface area contributed by atoms with E-state index in [0.29, 0.717) is 18.7 Å². The molecule has 0 atom stereocenters. The van der Waals surface area contributed by atoms with Gasteiger partial charge in [0.25, 0.3) is 10.0 Å². The molecule has 1 aliphatic rings. The molecule has 0 unspecified atom stereocenters. The Morgan fingerprint density at radius 2 is 2.22 bits per heavy atom. The minimum atomic E-state index is -3.96. The van der Waals surface area contributed by atoms with Gasteiger partial charge in [-0.3, -0.25) is 4.79 Å². The number of hydrogen-bond acceptors (Lipinski definition) is 3. The zero-order valence-electron chi connectivity index (χ0n) is 9.57. The van der Waals surface area contributed by atoms with E-state index in [4.69, 9.17) is 5.53 Å². The fraction of sp³-hybridized carbons (Fsp3) is 0.300. The minimum Gasteiger partial charge on any atom is -0.312 e. The predicted octanol–water partition coefficient (Wildman–Crippen LogP) is 1.59. The molecule has 0 aliphatic carbocycles. The molecule has 1 aromatic carbocycles. The summed E-state index contributed by atoms with van der Waals surface area (Å²) < 4.78 is 25.9. The highest BCUT2D eigenvalue weighted by Gasteiger charge is 2.24. The van der Waals surface area contributed by atoms with E-state index in [1.807, 2.05) is 0 Å². The van der Waals surface area contributed by atoms with E-state index >= 15 is 0 Å². The number of sulfonamides is 1. The van der Waals surface area contributed by atoms with Gasteiger partial charge in [0.05, 0.1) is 4.90 Å². The summed E-state index contributed by atoms with van der Waals surface area (Å²) in [6.07, 6.45) is 0.592. The van der Waals surface area contributed by atoms with Crippen molar-refractivity contribution in [1.29, 1.82) is 0 Å². The van der Waals surface area contributed by atoms with Crippen molar-refractivity contribution in [3.63, 3.8) is 0 Å². The van der Waals surface area contributed by atoms with Crippen LogP contribution in [0.25, 0.3) is 10.4 Å². The number of benzene rings is 1. The van der Waals surface area contributed by atoms with Gasteiger partial charge in [-0.25, -0.2) is 8.42 Å². The Hall–Kier alpha value is -2.05. The number of azide groups is 1. The summed E-state index contributed by atoms with van der Waals surface area (Å²) in [5.41, 5.74) is 9.67. The van der Waals surface area contributed by atoms with E-state index in [0.717, 1.165) is 5.56 Å². The van der Waals surface area contributed by atoms with Gasteiger partial charge in [0, 0.05) is 28.6 Å². The third-order valence-corrected chi connectivity index (χ3v) is 3.91. The third kappa shape index (κ3) is 2.03. The molecule has 0 fully saturated rings. The van der Waals surface area contributed by atoms with Crippen LogP contribution >= 0.6 is 0 Å². The van der Waals surface area contributed by atoms with Crippen LogP contribution in [-0.4, -0.2) is 20.9 Å². The third-order valence-electron chi connectivity index (χ3n) is 2.77. The molecule has 0 bridgehead atoms. The lowest BCUT2D eigenvalue weighted by atomic mass is 10.2. The molecule has 7 nitrogen and oxygen atoms in total. The van der Waals surface area contributed by atoms with E-state index in [1.165, 1.54) is 19.1 Å². The Kier molecular flexibility index (Phi) is 2.98. The molecule has 8 heteroatoms. The van der Waals surface area contributed by atoms with Gasteiger partial charge >= 0.3 is 0 Å². The Morgan fingerprint density at radius 3 is 2.83 bits per heavy atom. The number of nitrogens with zero attached hydrogens (tertiary/aromatic N) is 4. The van der Waals surface area contributed by atoms with Crippen LogP contribution in [0.3, 0.4) is 0 Å². The van der Waals surface area contributed by atoms with Crippen LogP contribution in [0, 0.1) is 0 Å². The quantitative estimate of drug-likeness (QED) is 0.461. The van der Waals surface area contributed by atoms with Crippen molar-refractivity contribution in [2.45, 2.75) is 18.2 Å². The Balaban J connectivity index is 2.48. The van der Waals surface area contributed by atoms with Crippen LogP contribution in [0.1, 0.15) is 12.5 Å². The largest absolute Gasteiger partial charge is 0.312 e. The highest BCUT2D eigenvalue weighted by Crippen LogP contribution is 2.30. The summed E-state index contributed by atoms with van der Waals surface area (Å²) in [6.45, 7) is 2.00. The molecule has 18 heavy (non-hydrogen) atoms. The molecule has 0 radical (unpaired) electrons. The van der Waals surface area contributed by atoms with Crippen LogP contribution in [0.4, 0.5) is 5.69 Å². The molecule has 1 aliphatic heterocycles. The Bertz CT molecular complexity index is 662. The maximum Gasteiger partial charge on any atom is 0.264 e. The first-order valence-corrected chi connectivity index (χ1v) is 6.62. The molecule has 0 N–H and O–H groups in total. The molecule has 0 saturated heterocycles. The summed E-state index contributed by atoms with van der Waals surface area (Å²) in [7, 11) is -3.96. The summed E-state index contributed by atoms with van der Waals surface area (Å²) in [5, 5.41) is 0. The number of hydrogen-bond donors (Lipinski definition) is 0. The maximum atomic E-state index is 11.5. The van der Waals surface area contributed by atoms with Crippen molar-refractivity contribution in [3.8, 4) is 0 Å². The molecular weight excluding hydrogens is 256 g/mol. The van der Waals surface area contributed by atoms with Crippen molar-refractivity contribution < 1.29 is 13.2 Å². The van der Waals surface area contributed by atoms with Gasteiger partial charge in [-0.05, 0) is 35.7 Å². The average Bonchev–Trinajstić information content (AvgIpc) is 2.71. The maximum absolute atomic E-state index is 11.5. The van der Waals surface area contributed by atoms with Gasteiger partial charge in [0.15, 0.2) is 0 Å². The lowest BCUT2D eigenvalue weighted by Gasteiger charge is -2.14. The van der Waals surface area contributed by atoms with Gasteiger partial charge in [0.2, 0.25) is 5.91 Å². The van der Waals surface area contributed by atoms with Crippen LogP contribution in [0.15, 0.2) is 27.6 Å². The molecule has 2 rings (SSSR count). The van der Waals surface area contributed by atoms with Gasteiger partial charge in [0.1, 0.15) is 0 Å². The topological polar surface area (TPSA) is 103 Å². The van der Waals surface area contributed by atoms with E-state index in [1.54, 1.807) is 11.0 Å². The van der Waals surface area contributed by atoms with Crippen LogP contribution < -0.4 is 4.90 Å². The van der Waals surface area contributed by atoms with Crippen LogP contribution in [0.2, 0.25) is 0 Å². The number of carbonyl (C=O) groups excluding carboxylic acids is 1. The number of anilines is 1. The highest BCUT2D eigenvalue weighted by molar-refractivity contribution is 7.90. The number of carbonyl (C=O) groups is 1. The van der Waals surface area contributed by atoms with E-state index in [2.05, 4.69) is 9.43 Å². The molecule has 1 aromatic rings. The number of amides is 1. The lowest BCUT2D eigenvalue weighted by molar-refractivity contribution is -0.116. The molecule has 0 aromatic heterocycles. The fourth-order valence-corrected chi connectivity index (χ4v) is 2.68. The van der Waals surface area contributed by atoms with Gasteiger partial charge in [-0.1, -0.05) is 0 Å². The SMILES string of the molecule is CC(=O)N1CCc2cc(S(=O)(=O)N=[N+]=[N-])ccc21. The van der Waals surface area contributed by atoms with Gasteiger partial charge < -0.3 is 4.90 Å². The first kappa shape index (κ1) is 12.4. The van der Waals surface area contributed by atoms with Crippen molar-refractivity contribution in [3.05, 3.63) is 34.2 Å². The smallest absolute Gasteiger partial charge is 0.264 e. The molecular formula is C10H10N4O3S. The first-order chi connectivity index (χ1) is 8.45. The predicted molar refractivity (Wildman–Crippen MR) is 64.5 cm³/mol. The molecule has 94 valence electrons. The van der Waals surface area contributed by atoms with Gasteiger partial charge in [-0.2, -0.15) is 0 Å². The van der Waals surface area contributed by atoms with Gasteiger partial charge in [-0.15, -0.1) is 0 Å². The Labute approximate surface area is 104 Å². The number of fused-ring (bicyclic) bond motifs is 1. The van der Waals surface area contributed by atoms with Crippen molar-refractivity contribution >= 4 is 21.6 Å². The summed E-state index contributed by atoms with van der Waals surface area (Å²) >= 11 is 0. The van der Waals surface area contributed by atoms with E-state index < -0.39 is 10.0 Å². The van der Waals surface area contributed by atoms with Crippen LogP contribution in [-0.2, 0) is 21.2 Å². The fourth-order valence-electron chi connectivity index (χ4n) is 1.96. The highest BCUT2D eigenvalue weighted by atomic mass is 32.2. The second-order valence-corrected chi connectivity index (χ2v) is 5.44. The summed E-state index contributed by atoms with van der Waals surface area (Å²) in [6, 6.07) is 4.34. The lowest BCUT2D eigenvalue weighted by Crippen LogP contribution is -2.25. The average molecular weight is 266 g/mol. The molecule has 1 heterocycles. The standard InChI is InChI=1S/C10H10N4O3S/c1-7(15)14-5-4-8-6-9(2-3-10(8)14)18(16,17)13-12-11/h2-3,6H,4-5H2,1H3. The number of rotatable bonds is 2.